The average molecular weight is 292 g/mol. The van der Waals surface area contributed by atoms with E-state index in [1.54, 1.807) is 12.1 Å². The molecule has 0 bridgehead atoms. The van der Waals surface area contributed by atoms with Gasteiger partial charge in [0.2, 0.25) is 0 Å². The predicted molar refractivity (Wildman–Crippen MR) is 79.0 cm³/mol. The number of para-hydroxylation sites is 1. The summed E-state index contributed by atoms with van der Waals surface area (Å²) in [4.78, 5) is 0. The highest BCUT2D eigenvalue weighted by Crippen LogP contribution is 2.32. The van der Waals surface area contributed by atoms with Gasteiger partial charge in [0.15, 0.2) is 0 Å². The second kappa shape index (κ2) is 5.71. The molecular weight excluding hydrogens is 277 g/mol. The summed E-state index contributed by atoms with van der Waals surface area (Å²) in [5.41, 5.74) is 3.21. The highest BCUT2D eigenvalue weighted by Gasteiger charge is 2.13. The third-order valence-electron chi connectivity index (χ3n) is 3.42. The number of aryl methyl sites for hydroxylation is 1. The summed E-state index contributed by atoms with van der Waals surface area (Å²) in [5.74, 6) is 0.428. The van der Waals surface area contributed by atoms with E-state index in [9.17, 15) is 4.39 Å². The number of halogens is 2. The molecule has 0 unspecified atom stereocenters. The van der Waals surface area contributed by atoms with Crippen LogP contribution in [0.15, 0.2) is 36.4 Å². The zero-order valence-electron chi connectivity index (χ0n) is 11.0. The second-order valence-corrected chi connectivity index (χ2v) is 5.26. The number of rotatable bonds is 3. The minimum absolute atomic E-state index is 0.124. The molecule has 4 heteroatoms. The highest BCUT2D eigenvalue weighted by atomic mass is 35.5. The van der Waals surface area contributed by atoms with E-state index in [2.05, 4.69) is 11.4 Å². The van der Waals surface area contributed by atoms with E-state index in [-0.39, 0.29) is 5.02 Å². The van der Waals surface area contributed by atoms with Gasteiger partial charge >= 0.3 is 0 Å². The molecule has 1 aliphatic heterocycles. The lowest BCUT2D eigenvalue weighted by Crippen LogP contribution is -2.13. The fourth-order valence-corrected chi connectivity index (χ4v) is 2.59. The van der Waals surface area contributed by atoms with E-state index in [1.165, 1.54) is 11.6 Å². The zero-order chi connectivity index (χ0) is 13.9. The van der Waals surface area contributed by atoms with Crippen LogP contribution in [-0.2, 0) is 13.0 Å². The number of fused-ring (bicyclic) bond motifs is 1. The Morgan fingerprint density at radius 1 is 1.25 bits per heavy atom. The summed E-state index contributed by atoms with van der Waals surface area (Å²) in [6.45, 7) is 1.34. The monoisotopic (exact) mass is 291 g/mol. The van der Waals surface area contributed by atoms with Crippen molar-refractivity contribution < 1.29 is 9.13 Å². The molecule has 1 heterocycles. The van der Waals surface area contributed by atoms with E-state index in [0.29, 0.717) is 6.61 Å². The largest absolute Gasteiger partial charge is 0.487 e. The first-order chi connectivity index (χ1) is 9.74. The Kier molecular flexibility index (Phi) is 3.79. The molecule has 2 aromatic rings. The number of nitrogens with one attached hydrogen (secondary N) is 1. The van der Waals surface area contributed by atoms with Crippen molar-refractivity contribution >= 4 is 17.3 Å². The number of ether oxygens (including phenoxy) is 1. The van der Waals surface area contributed by atoms with Gasteiger partial charge < -0.3 is 10.1 Å². The molecule has 0 saturated carbocycles. The lowest BCUT2D eigenvalue weighted by atomic mass is 10.0. The molecule has 2 nitrogen and oxygen atoms in total. The molecule has 0 fully saturated rings. The van der Waals surface area contributed by atoms with Crippen LogP contribution < -0.4 is 10.1 Å². The maximum atomic E-state index is 13.1. The van der Waals surface area contributed by atoms with Crippen molar-refractivity contribution in [2.75, 3.05) is 11.9 Å². The van der Waals surface area contributed by atoms with Crippen molar-refractivity contribution in [2.24, 2.45) is 0 Å². The predicted octanol–water partition coefficient (Wildman–Crippen LogP) is 4.42. The highest BCUT2D eigenvalue weighted by molar-refractivity contribution is 6.30. The molecule has 0 saturated heterocycles. The van der Waals surface area contributed by atoms with Gasteiger partial charge in [-0.05, 0) is 42.2 Å². The Bertz CT molecular complexity index is 630. The van der Waals surface area contributed by atoms with E-state index in [0.717, 1.165) is 36.4 Å². The van der Waals surface area contributed by atoms with Gasteiger partial charge in [0, 0.05) is 6.54 Å². The van der Waals surface area contributed by atoms with Crippen LogP contribution in [0.25, 0.3) is 0 Å². The van der Waals surface area contributed by atoms with Gasteiger partial charge in [-0.25, -0.2) is 4.39 Å². The molecule has 0 spiro atoms. The molecule has 0 aliphatic carbocycles. The summed E-state index contributed by atoms with van der Waals surface area (Å²) in [5, 5.41) is 3.50. The average Bonchev–Trinajstić information content (AvgIpc) is 2.48. The topological polar surface area (TPSA) is 21.3 Å². The van der Waals surface area contributed by atoms with E-state index >= 15 is 0 Å². The van der Waals surface area contributed by atoms with Crippen molar-refractivity contribution in [2.45, 2.75) is 19.4 Å². The van der Waals surface area contributed by atoms with Gasteiger partial charge in [0.05, 0.1) is 10.7 Å². The molecule has 2 aromatic carbocycles. The van der Waals surface area contributed by atoms with Crippen LogP contribution >= 0.6 is 11.6 Å². The number of anilines is 1. The number of benzene rings is 2. The third-order valence-corrected chi connectivity index (χ3v) is 3.71. The van der Waals surface area contributed by atoms with Gasteiger partial charge in [-0.15, -0.1) is 0 Å². The van der Waals surface area contributed by atoms with E-state index in [4.69, 9.17) is 16.3 Å². The van der Waals surface area contributed by atoms with Gasteiger partial charge in [-0.1, -0.05) is 29.8 Å². The van der Waals surface area contributed by atoms with Crippen LogP contribution in [0.3, 0.4) is 0 Å². The van der Waals surface area contributed by atoms with Crippen LogP contribution in [0.5, 0.6) is 5.75 Å². The summed E-state index contributed by atoms with van der Waals surface area (Å²) in [7, 11) is 0. The number of hydrogen-bond acceptors (Lipinski definition) is 2. The van der Waals surface area contributed by atoms with Crippen molar-refractivity contribution in [1.29, 1.82) is 0 Å². The normalized spacial score (nSPS) is 13.5. The molecule has 3 rings (SSSR count). The summed E-state index contributed by atoms with van der Waals surface area (Å²) in [6, 6.07) is 10.7. The fraction of sp³-hybridized carbons (Fsp3) is 0.250. The Hall–Kier alpha value is -1.74. The van der Waals surface area contributed by atoms with E-state index < -0.39 is 5.82 Å². The van der Waals surface area contributed by atoms with Gasteiger partial charge in [0.1, 0.15) is 18.2 Å². The van der Waals surface area contributed by atoms with Gasteiger partial charge in [-0.2, -0.15) is 0 Å². The maximum absolute atomic E-state index is 13.1. The molecule has 104 valence electrons. The number of hydrogen-bond donors (Lipinski definition) is 1. The molecule has 1 N–H and O–H groups in total. The minimum atomic E-state index is -0.408. The minimum Gasteiger partial charge on any atom is -0.487 e. The van der Waals surface area contributed by atoms with Crippen molar-refractivity contribution in [1.82, 2.24) is 0 Å². The van der Waals surface area contributed by atoms with Crippen LogP contribution in [-0.4, -0.2) is 6.54 Å². The molecular formula is C16H15ClFNO. The van der Waals surface area contributed by atoms with Crippen LogP contribution in [0.4, 0.5) is 10.1 Å². The van der Waals surface area contributed by atoms with E-state index in [1.807, 2.05) is 12.1 Å². The Morgan fingerprint density at radius 2 is 2.15 bits per heavy atom. The molecule has 0 aromatic heterocycles. The molecule has 20 heavy (non-hydrogen) atoms. The SMILES string of the molecule is Fc1ccc(COc2cccc3c2NCCC3)cc1Cl. The summed E-state index contributed by atoms with van der Waals surface area (Å²) < 4.78 is 18.9. The standard InChI is InChI=1S/C16H15ClFNO/c17-13-9-11(6-7-14(13)18)10-20-15-5-1-3-12-4-2-8-19-16(12)15/h1,3,5-7,9,19H,2,4,8,10H2. The lowest BCUT2D eigenvalue weighted by Gasteiger charge is -2.21. The first-order valence-corrected chi connectivity index (χ1v) is 7.04. The maximum Gasteiger partial charge on any atom is 0.143 e. The first-order valence-electron chi connectivity index (χ1n) is 6.66. The van der Waals surface area contributed by atoms with Gasteiger partial charge in [-0.3, -0.25) is 0 Å². The Labute approximate surface area is 122 Å². The fourth-order valence-electron chi connectivity index (χ4n) is 2.39. The summed E-state index contributed by atoms with van der Waals surface area (Å²) >= 11 is 5.77. The Balaban J connectivity index is 1.76. The van der Waals surface area contributed by atoms with Crippen LogP contribution in [0.2, 0.25) is 5.02 Å². The van der Waals surface area contributed by atoms with Crippen LogP contribution in [0, 0.1) is 5.82 Å². The smallest absolute Gasteiger partial charge is 0.143 e. The zero-order valence-corrected chi connectivity index (χ0v) is 11.7. The quantitative estimate of drug-likeness (QED) is 0.904. The molecule has 0 amide bonds. The van der Waals surface area contributed by atoms with Crippen molar-refractivity contribution in [3.63, 3.8) is 0 Å². The molecule has 0 atom stereocenters. The van der Waals surface area contributed by atoms with Gasteiger partial charge in [0.25, 0.3) is 0 Å². The van der Waals surface area contributed by atoms with Crippen molar-refractivity contribution in [3.05, 3.63) is 58.4 Å². The van der Waals surface area contributed by atoms with Crippen LogP contribution in [0.1, 0.15) is 17.5 Å². The lowest BCUT2D eigenvalue weighted by molar-refractivity contribution is 0.307. The molecule has 0 radical (unpaired) electrons. The first kappa shape index (κ1) is 13.3. The Morgan fingerprint density at radius 3 is 3.00 bits per heavy atom. The van der Waals surface area contributed by atoms with Crippen molar-refractivity contribution in [3.8, 4) is 5.75 Å². The summed E-state index contributed by atoms with van der Waals surface area (Å²) in [6.07, 6.45) is 2.21. The third kappa shape index (κ3) is 2.73. The molecule has 1 aliphatic rings. The second-order valence-electron chi connectivity index (χ2n) is 4.86.